The number of carbonyl (C=O) groups excluding carboxylic acids is 1. The van der Waals surface area contributed by atoms with Crippen molar-refractivity contribution >= 4 is 5.91 Å². The Kier molecular flexibility index (Phi) is 3.66. The van der Waals surface area contributed by atoms with Crippen molar-refractivity contribution in [3.63, 3.8) is 0 Å². The lowest BCUT2D eigenvalue weighted by Crippen LogP contribution is -2.24. The summed E-state index contributed by atoms with van der Waals surface area (Å²) in [5.74, 6) is 0.524. The first-order valence-electron chi connectivity index (χ1n) is 6.34. The first-order valence-corrected chi connectivity index (χ1v) is 6.34. The summed E-state index contributed by atoms with van der Waals surface area (Å²) in [5.41, 5.74) is 3.27. The number of hydrogen-bond acceptors (Lipinski definition) is 1. The van der Waals surface area contributed by atoms with Crippen LogP contribution < -0.4 is 0 Å². The Morgan fingerprint density at radius 2 is 1.89 bits per heavy atom. The van der Waals surface area contributed by atoms with E-state index in [0.717, 1.165) is 16.8 Å². The van der Waals surface area contributed by atoms with E-state index in [0.29, 0.717) is 12.5 Å². The maximum absolute atomic E-state index is 12.0. The molecule has 0 spiro atoms. The van der Waals surface area contributed by atoms with E-state index in [1.165, 1.54) is 0 Å². The van der Waals surface area contributed by atoms with Crippen LogP contribution in [0, 0.1) is 5.92 Å². The average molecular weight is 241 g/mol. The van der Waals surface area contributed by atoms with Crippen molar-refractivity contribution in [2.75, 3.05) is 0 Å². The maximum atomic E-state index is 12.0. The molecular formula is C16H19NO. The highest BCUT2D eigenvalue weighted by Gasteiger charge is 2.24. The van der Waals surface area contributed by atoms with Gasteiger partial charge in [-0.25, -0.2) is 0 Å². The summed E-state index contributed by atoms with van der Waals surface area (Å²) < 4.78 is 0. The second-order valence-electron chi connectivity index (χ2n) is 5.03. The molecule has 1 aliphatic heterocycles. The van der Waals surface area contributed by atoms with E-state index in [4.69, 9.17) is 0 Å². The van der Waals surface area contributed by atoms with Gasteiger partial charge in [0.25, 0.3) is 5.91 Å². The molecule has 0 unspecified atom stereocenters. The summed E-state index contributed by atoms with van der Waals surface area (Å²) in [5, 5.41) is 0. The van der Waals surface area contributed by atoms with Crippen molar-refractivity contribution in [3.8, 4) is 0 Å². The van der Waals surface area contributed by atoms with Crippen LogP contribution in [0.15, 0.2) is 53.8 Å². The highest BCUT2D eigenvalue weighted by molar-refractivity contribution is 5.94. The lowest BCUT2D eigenvalue weighted by molar-refractivity contribution is -0.123. The Labute approximate surface area is 109 Å². The highest BCUT2D eigenvalue weighted by atomic mass is 16.2. The molecule has 0 N–H and O–H groups in total. The SMILES string of the molecule is CC1=CC(=O)N(Cc2ccccc2)/C1=C\C(C)C. The second kappa shape index (κ2) is 5.21. The molecule has 1 aromatic carbocycles. The van der Waals surface area contributed by atoms with Crippen molar-refractivity contribution < 1.29 is 4.79 Å². The number of amides is 1. The quantitative estimate of drug-likeness (QED) is 0.793. The van der Waals surface area contributed by atoms with Gasteiger partial charge in [0.15, 0.2) is 0 Å². The Hall–Kier alpha value is -1.83. The van der Waals surface area contributed by atoms with E-state index in [9.17, 15) is 4.79 Å². The molecule has 94 valence electrons. The van der Waals surface area contributed by atoms with Gasteiger partial charge in [-0.3, -0.25) is 4.79 Å². The zero-order valence-electron chi connectivity index (χ0n) is 11.2. The zero-order valence-corrected chi connectivity index (χ0v) is 11.2. The highest BCUT2D eigenvalue weighted by Crippen LogP contribution is 2.26. The second-order valence-corrected chi connectivity index (χ2v) is 5.03. The Morgan fingerprint density at radius 1 is 1.22 bits per heavy atom. The molecule has 1 amide bonds. The monoisotopic (exact) mass is 241 g/mol. The predicted octanol–water partition coefficient (Wildman–Crippen LogP) is 3.52. The van der Waals surface area contributed by atoms with E-state index in [1.807, 2.05) is 42.2 Å². The number of hydrogen-bond donors (Lipinski definition) is 0. The molecule has 18 heavy (non-hydrogen) atoms. The molecule has 1 heterocycles. The third-order valence-corrected chi connectivity index (χ3v) is 2.98. The van der Waals surface area contributed by atoms with Gasteiger partial charge in [-0.2, -0.15) is 0 Å². The van der Waals surface area contributed by atoms with Gasteiger partial charge in [-0.1, -0.05) is 50.3 Å². The van der Waals surface area contributed by atoms with Crippen molar-refractivity contribution in [3.05, 3.63) is 59.3 Å². The van der Waals surface area contributed by atoms with Gasteiger partial charge in [-0.05, 0) is 24.0 Å². The van der Waals surface area contributed by atoms with Crippen molar-refractivity contribution in [2.24, 2.45) is 5.92 Å². The molecule has 0 radical (unpaired) electrons. The summed E-state index contributed by atoms with van der Waals surface area (Å²) in [6.07, 6.45) is 3.87. The lowest BCUT2D eigenvalue weighted by atomic mass is 10.1. The van der Waals surface area contributed by atoms with Crippen LogP contribution in [0.25, 0.3) is 0 Å². The molecule has 2 nitrogen and oxygen atoms in total. The molecule has 0 aromatic heterocycles. The van der Waals surface area contributed by atoms with Crippen LogP contribution in [-0.2, 0) is 11.3 Å². The minimum absolute atomic E-state index is 0.0863. The Bertz CT molecular complexity index is 497. The molecule has 2 rings (SSSR count). The summed E-state index contributed by atoms with van der Waals surface area (Å²) in [7, 11) is 0. The fourth-order valence-corrected chi connectivity index (χ4v) is 2.13. The van der Waals surface area contributed by atoms with Crippen molar-refractivity contribution in [1.82, 2.24) is 4.90 Å². The largest absolute Gasteiger partial charge is 0.304 e. The number of nitrogens with zero attached hydrogens (tertiary/aromatic N) is 1. The van der Waals surface area contributed by atoms with Crippen LogP contribution in [0.1, 0.15) is 26.3 Å². The first kappa shape index (κ1) is 12.6. The number of carbonyl (C=O) groups is 1. The molecule has 0 bridgehead atoms. The standard InChI is InChI=1S/C16H19NO/c1-12(2)9-15-13(3)10-16(18)17(15)11-14-7-5-4-6-8-14/h4-10,12H,11H2,1-3H3/b15-9-. The molecule has 0 saturated carbocycles. The molecule has 0 fully saturated rings. The van der Waals surface area contributed by atoms with Gasteiger partial charge in [0.1, 0.15) is 0 Å². The number of benzene rings is 1. The van der Waals surface area contributed by atoms with Gasteiger partial charge in [0, 0.05) is 11.8 Å². The Balaban J connectivity index is 2.24. The first-order chi connectivity index (χ1) is 8.58. The average Bonchev–Trinajstić information content (AvgIpc) is 2.57. The van der Waals surface area contributed by atoms with E-state index in [2.05, 4.69) is 19.9 Å². The van der Waals surface area contributed by atoms with Gasteiger partial charge >= 0.3 is 0 Å². The molecule has 0 aliphatic carbocycles. The predicted molar refractivity (Wildman–Crippen MR) is 73.7 cm³/mol. The molecule has 1 aliphatic rings. The fraction of sp³-hybridized carbons (Fsp3) is 0.312. The zero-order chi connectivity index (χ0) is 13.1. The van der Waals surface area contributed by atoms with Crippen molar-refractivity contribution in [2.45, 2.75) is 27.3 Å². The Morgan fingerprint density at radius 3 is 2.50 bits per heavy atom. The maximum Gasteiger partial charge on any atom is 0.251 e. The van der Waals surface area contributed by atoms with Crippen LogP contribution in [0.3, 0.4) is 0 Å². The summed E-state index contributed by atoms with van der Waals surface area (Å²) >= 11 is 0. The molecular weight excluding hydrogens is 222 g/mol. The summed E-state index contributed by atoms with van der Waals surface area (Å²) in [6.45, 7) is 6.90. The number of allylic oxidation sites excluding steroid dienone is 2. The van der Waals surface area contributed by atoms with Crippen molar-refractivity contribution in [1.29, 1.82) is 0 Å². The van der Waals surface area contributed by atoms with Crippen LogP contribution in [0.4, 0.5) is 0 Å². The minimum atomic E-state index is 0.0863. The van der Waals surface area contributed by atoms with E-state index < -0.39 is 0 Å². The van der Waals surface area contributed by atoms with Gasteiger partial charge < -0.3 is 4.90 Å². The molecule has 1 aromatic rings. The van der Waals surface area contributed by atoms with Crippen LogP contribution in [-0.4, -0.2) is 10.8 Å². The van der Waals surface area contributed by atoms with E-state index in [1.54, 1.807) is 6.08 Å². The smallest absolute Gasteiger partial charge is 0.251 e. The topological polar surface area (TPSA) is 20.3 Å². The van der Waals surface area contributed by atoms with Gasteiger partial charge in [-0.15, -0.1) is 0 Å². The summed E-state index contributed by atoms with van der Waals surface area (Å²) in [6, 6.07) is 10.1. The van der Waals surface area contributed by atoms with Crippen LogP contribution >= 0.6 is 0 Å². The lowest BCUT2D eigenvalue weighted by Gasteiger charge is -2.20. The van der Waals surface area contributed by atoms with Gasteiger partial charge in [0.05, 0.1) is 6.54 Å². The minimum Gasteiger partial charge on any atom is -0.304 e. The van der Waals surface area contributed by atoms with E-state index >= 15 is 0 Å². The molecule has 0 atom stereocenters. The van der Waals surface area contributed by atoms with Gasteiger partial charge in [0.2, 0.25) is 0 Å². The third-order valence-electron chi connectivity index (χ3n) is 2.98. The van der Waals surface area contributed by atoms with E-state index in [-0.39, 0.29) is 5.91 Å². The fourth-order valence-electron chi connectivity index (χ4n) is 2.13. The third kappa shape index (κ3) is 2.70. The molecule has 0 saturated heterocycles. The normalized spacial score (nSPS) is 17.8. The molecule has 2 heteroatoms. The summed E-state index contributed by atoms with van der Waals surface area (Å²) in [4.78, 5) is 13.8. The van der Waals surface area contributed by atoms with Crippen LogP contribution in [0.5, 0.6) is 0 Å². The van der Waals surface area contributed by atoms with Crippen LogP contribution in [0.2, 0.25) is 0 Å². The number of rotatable bonds is 3.